The summed E-state index contributed by atoms with van der Waals surface area (Å²) in [4.78, 5) is 38.9. The summed E-state index contributed by atoms with van der Waals surface area (Å²) in [6, 6.07) is 14.2. The number of piperidine rings is 1. The molecule has 4 rings (SSSR count). The average Bonchev–Trinajstić information content (AvgIpc) is 3.18. The van der Waals surface area contributed by atoms with Gasteiger partial charge in [-0.05, 0) is 48.4 Å². The Bertz CT molecular complexity index is 1100. The van der Waals surface area contributed by atoms with Crippen molar-refractivity contribution in [2.45, 2.75) is 50.6 Å². The third-order valence-electron chi connectivity index (χ3n) is 6.49. The van der Waals surface area contributed by atoms with Crippen molar-refractivity contribution in [2.75, 3.05) is 13.2 Å². The second-order valence-electron chi connectivity index (χ2n) is 8.53. The summed E-state index contributed by atoms with van der Waals surface area (Å²) >= 11 is 0. The normalized spacial score (nSPS) is 17.6. The number of carbonyl (C=O) groups is 3. The Morgan fingerprint density at radius 3 is 2.35 bits per heavy atom. The van der Waals surface area contributed by atoms with Crippen molar-refractivity contribution in [3.8, 4) is 23.0 Å². The number of likely N-dealkylation sites (tertiary alicyclic amines) is 1. The van der Waals surface area contributed by atoms with Gasteiger partial charge < -0.3 is 20.1 Å². The molecule has 1 unspecified atom stereocenters. The van der Waals surface area contributed by atoms with Crippen molar-refractivity contribution >= 4 is 18.0 Å². The molecule has 7 heteroatoms. The van der Waals surface area contributed by atoms with Gasteiger partial charge >= 0.3 is 12.1 Å². The highest BCUT2D eigenvalue weighted by atomic mass is 16.5. The molecule has 1 aliphatic carbocycles. The highest BCUT2D eigenvalue weighted by Crippen LogP contribution is 2.44. The quantitative estimate of drug-likeness (QED) is 0.640. The number of carboxylic acid groups (broad SMARTS) is 1. The van der Waals surface area contributed by atoms with Gasteiger partial charge in [0.05, 0.1) is 0 Å². The molecule has 7 nitrogen and oxygen atoms in total. The Hall–Kier alpha value is -3.79. The molecular weight excluding hydrogens is 432 g/mol. The van der Waals surface area contributed by atoms with E-state index in [1.54, 1.807) is 6.92 Å². The number of amides is 2. The van der Waals surface area contributed by atoms with E-state index in [0.717, 1.165) is 35.1 Å². The molecule has 1 aliphatic heterocycles. The third-order valence-corrected chi connectivity index (χ3v) is 6.49. The van der Waals surface area contributed by atoms with Crippen molar-refractivity contribution < 1.29 is 24.2 Å². The van der Waals surface area contributed by atoms with Crippen molar-refractivity contribution in [3.05, 3.63) is 59.7 Å². The van der Waals surface area contributed by atoms with Crippen LogP contribution in [0.4, 0.5) is 4.79 Å². The molecule has 2 aromatic rings. The number of carboxylic acids is 1. The Kier molecular flexibility index (Phi) is 7.17. The molecule has 1 heterocycles. The van der Waals surface area contributed by atoms with Gasteiger partial charge in [0.2, 0.25) is 5.91 Å². The van der Waals surface area contributed by atoms with Crippen LogP contribution < -0.4 is 5.32 Å². The Morgan fingerprint density at radius 1 is 1.09 bits per heavy atom. The summed E-state index contributed by atoms with van der Waals surface area (Å²) in [5, 5.41) is 12.2. The van der Waals surface area contributed by atoms with Crippen LogP contribution in [-0.2, 0) is 14.3 Å². The second kappa shape index (κ2) is 10.4. The zero-order chi connectivity index (χ0) is 24.1. The minimum absolute atomic E-state index is 0.0857. The SMILES string of the molecule is CC#CCC(NC(=O)OCC1c2ccccc2-c2ccccc21)C(=O)N1CCCC[C@H]1C(=O)O. The lowest BCUT2D eigenvalue weighted by Gasteiger charge is -2.35. The van der Waals surface area contributed by atoms with Crippen LogP contribution in [0.2, 0.25) is 0 Å². The van der Waals surface area contributed by atoms with Crippen molar-refractivity contribution in [1.82, 2.24) is 10.2 Å². The number of fused-ring (bicyclic) bond motifs is 3. The number of nitrogens with one attached hydrogen (secondary N) is 1. The lowest BCUT2D eigenvalue weighted by Crippen LogP contribution is -2.55. The first kappa shape index (κ1) is 23.4. The fourth-order valence-corrected chi connectivity index (χ4v) is 4.84. The Balaban J connectivity index is 1.45. The summed E-state index contributed by atoms with van der Waals surface area (Å²) in [6.07, 6.45) is 1.25. The zero-order valence-electron chi connectivity index (χ0n) is 19.1. The highest BCUT2D eigenvalue weighted by molar-refractivity contribution is 5.89. The monoisotopic (exact) mass is 460 g/mol. The molecule has 0 radical (unpaired) electrons. The van der Waals surface area contributed by atoms with Crippen molar-refractivity contribution in [1.29, 1.82) is 0 Å². The van der Waals surface area contributed by atoms with Gasteiger partial charge in [-0.15, -0.1) is 11.8 Å². The van der Waals surface area contributed by atoms with Gasteiger partial charge in [0.15, 0.2) is 0 Å². The molecular formula is C27H28N2O5. The number of hydrogen-bond donors (Lipinski definition) is 2. The average molecular weight is 461 g/mol. The van der Waals surface area contributed by atoms with Crippen LogP contribution in [0, 0.1) is 11.8 Å². The molecule has 176 valence electrons. The fraction of sp³-hybridized carbons (Fsp3) is 0.370. The number of carbonyl (C=O) groups excluding carboxylic acids is 2. The van der Waals surface area contributed by atoms with Crippen molar-refractivity contribution in [3.63, 3.8) is 0 Å². The summed E-state index contributed by atoms with van der Waals surface area (Å²) in [7, 11) is 0. The molecule has 2 amide bonds. The van der Waals surface area contributed by atoms with E-state index in [2.05, 4.69) is 29.3 Å². The van der Waals surface area contributed by atoms with Gasteiger partial charge in [0, 0.05) is 18.9 Å². The smallest absolute Gasteiger partial charge is 0.407 e. The predicted octanol–water partition coefficient (Wildman–Crippen LogP) is 3.77. The van der Waals surface area contributed by atoms with Crippen LogP contribution in [0.25, 0.3) is 11.1 Å². The molecule has 0 saturated carbocycles. The first-order valence-electron chi connectivity index (χ1n) is 11.6. The van der Waals surface area contributed by atoms with E-state index in [4.69, 9.17) is 4.74 Å². The van der Waals surface area contributed by atoms with Gasteiger partial charge in [-0.1, -0.05) is 48.5 Å². The van der Waals surface area contributed by atoms with E-state index in [0.29, 0.717) is 13.0 Å². The molecule has 0 aromatic heterocycles. The van der Waals surface area contributed by atoms with Crippen LogP contribution in [0.5, 0.6) is 0 Å². The third kappa shape index (κ3) is 4.76. The largest absolute Gasteiger partial charge is 0.480 e. The number of hydrogen-bond acceptors (Lipinski definition) is 4. The van der Waals surface area contributed by atoms with Crippen LogP contribution in [0.1, 0.15) is 49.7 Å². The first-order valence-corrected chi connectivity index (χ1v) is 11.6. The topological polar surface area (TPSA) is 95.9 Å². The van der Waals surface area contributed by atoms with E-state index in [1.165, 1.54) is 4.90 Å². The summed E-state index contributed by atoms with van der Waals surface area (Å²) in [5.41, 5.74) is 4.45. The molecule has 2 aliphatic rings. The van der Waals surface area contributed by atoms with Crippen LogP contribution in [-0.4, -0.2) is 53.2 Å². The zero-order valence-corrected chi connectivity index (χ0v) is 19.1. The number of alkyl carbamates (subject to hydrolysis) is 1. The second-order valence-corrected chi connectivity index (χ2v) is 8.53. The molecule has 2 atom stereocenters. The van der Waals surface area contributed by atoms with Gasteiger partial charge in [0.1, 0.15) is 18.7 Å². The number of ether oxygens (including phenoxy) is 1. The van der Waals surface area contributed by atoms with E-state index in [1.807, 2.05) is 36.4 Å². The van der Waals surface area contributed by atoms with E-state index >= 15 is 0 Å². The summed E-state index contributed by atoms with van der Waals surface area (Å²) in [6.45, 7) is 2.12. The van der Waals surface area contributed by atoms with E-state index < -0.39 is 30.1 Å². The maximum absolute atomic E-state index is 13.2. The molecule has 0 spiro atoms. The molecule has 1 saturated heterocycles. The maximum Gasteiger partial charge on any atom is 0.407 e. The van der Waals surface area contributed by atoms with Crippen LogP contribution >= 0.6 is 0 Å². The number of rotatable bonds is 6. The van der Waals surface area contributed by atoms with Crippen LogP contribution in [0.15, 0.2) is 48.5 Å². The molecule has 0 bridgehead atoms. The van der Waals surface area contributed by atoms with Gasteiger partial charge in [0.25, 0.3) is 0 Å². The lowest BCUT2D eigenvalue weighted by atomic mass is 9.98. The summed E-state index contributed by atoms with van der Waals surface area (Å²) < 4.78 is 5.58. The molecule has 2 N–H and O–H groups in total. The summed E-state index contributed by atoms with van der Waals surface area (Å²) in [5.74, 6) is 3.99. The van der Waals surface area contributed by atoms with Crippen molar-refractivity contribution in [2.24, 2.45) is 0 Å². The minimum Gasteiger partial charge on any atom is -0.480 e. The molecule has 2 aromatic carbocycles. The number of benzene rings is 2. The number of nitrogens with zero attached hydrogens (tertiary/aromatic N) is 1. The van der Waals surface area contributed by atoms with Gasteiger partial charge in [-0.2, -0.15) is 0 Å². The minimum atomic E-state index is -1.03. The maximum atomic E-state index is 13.2. The highest BCUT2D eigenvalue weighted by Gasteiger charge is 2.36. The predicted molar refractivity (Wildman–Crippen MR) is 127 cm³/mol. The Morgan fingerprint density at radius 2 is 1.74 bits per heavy atom. The van der Waals surface area contributed by atoms with Crippen LogP contribution in [0.3, 0.4) is 0 Å². The molecule has 1 fully saturated rings. The lowest BCUT2D eigenvalue weighted by molar-refractivity contribution is -0.152. The van der Waals surface area contributed by atoms with E-state index in [9.17, 15) is 19.5 Å². The number of aliphatic carboxylic acids is 1. The fourth-order valence-electron chi connectivity index (χ4n) is 4.84. The van der Waals surface area contributed by atoms with Gasteiger partial charge in [-0.25, -0.2) is 9.59 Å². The Labute approximate surface area is 199 Å². The first-order chi connectivity index (χ1) is 16.5. The standard InChI is InChI=1S/C27H28N2O5/c1-2-3-14-23(25(30)29-16-9-8-15-24(29)26(31)32)28-27(33)34-17-22-20-12-6-4-10-18(20)19-11-5-7-13-21(19)22/h4-7,10-13,22-24H,8-9,14-17H2,1H3,(H,28,33)(H,31,32)/t23?,24-/m0/s1. The van der Waals surface area contributed by atoms with Gasteiger partial charge in [-0.3, -0.25) is 4.79 Å². The van der Waals surface area contributed by atoms with E-state index in [-0.39, 0.29) is 18.9 Å². The molecule has 34 heavy (non-hydrogen) atoms.